The van der Waals surface area contributed by atoms with E-state index in [0.717, 1.165) is 24.5 Å². The zero-order valence-electron chi connectivity index (χ0n) is 14.9. The van der Waals surface area contributed by atoms with Gasteiger partial charge in [0, 0.05) is 37.1 Å². The minimum Gasteiger partial charge on any atom is -0.356 e. The largest absolute Gasteiger partial charge is 0.356 e. The molecule has 136 valence electrons. The molecule has 1 aromatic heterocycles. The van der Waals surface area contributed by atoms with Crippen LogP contribution in [0.15, 0.2) is 33.8 Å². The van der Waals surface area contributed by atoms with Crippen molar-refractivity contribution in [3.63, 3.8) is 0 Å². The molecule has 0 spiro atoms. The predicted octanol–water partition coefficient (Wildman–Crippen LogP) is 3.68. The smallest absolute Gasteiger partial charge is 0.228 e. The van der Waals surface area contributed by atoms with Crippen LogP contribution in [0.25, 0.3) is 11.4 Å². The van der Waals surface area contributed by atoms with Crippen molar-refractivity contribution in [1.82, 2.24) is 20.8 Å². The molecular formula is C18H26ClN5O. The second-order valence-corrected chi connectivity index (χ2v) is 6.19. The third-order valence-electron chi connectivity index (χ3n) is 3.73. The van der Waals surface area contributed by atoms with Gasteiger partial charge in [-0.25, -0.2) is 0 Å². The zero-order valence-corrected chi connectivity index (χ0v) is 15.6. The third kappa shape index (κ3) is 6.74. The van der Waals surface area contributed by atoms with Crippen LogP contribution in [0.5, 0.6) is 0 Å². The van der Waals surface area contributed by atoms with Crippen molar-refractivity contribution < 1.29 is 4.52 Å². The molecule has 7 heteroatoms. The molecule has 0 aliphatic rings. The van der Waals surface area contributed by atoms with Crippen molar-refractivity contribution >= 4 is 17.6 Å². The Morgan fingerprint density at radius 1 is 1.20 bits per heavy atom. The Labute approximate surface area is 154 Å². The molecule has 1 aromatic carbocycles. The molecule has 2 rings (SSSR count). The predicted molar refractivity (Wildman–Crippen MR) is 102 cm³/mol. The molecule has 0 aliphatic heterocycles. The van der Waals surface area contributed by atoms with Crippen molar-refractivity contribution in [2.24, 2.45) is 4.99 Å². The highest BCUT2D eigenvalue weighted by atomic mass is 35.5. The number of rotatable bonds is 9. The van der Waals surface area contributed by atoms with Gasteiger partial charge in [-0.2, -0.15) is 4.98 Å². The number of halogens is 1. The van der Waals surface area contributed by atoms with Crippen molar-refractivity contribution in [2.45, 2.75) is 39.0 Å². The summed E-state index contributed by atoms with van der Waals surface area (Å²) in [7, 11) is 1.77. The summed E-state index contributed by atoms with van der Waals surface area (Å²) in [4.78, 5) is 8.62. The van der Waals surface area contributed by atoms with Gasteiger partial charge in [0.05, 0.1) is 0 Å². The molecule has 0 unspecified atom stereocenters. The van der Waals surface area contributed by atoms with Crippen LogP contribution in [0.4, 0.5) is 0 Å². The van der Waals surface area contributed by atoms with Crippen molar-refractivity contribution in [3.05, 3.63) is 35.2 Å². The van der Waals surface area contributed by atoms with Gasteiger partial charge in [-0.15, -0.1) is 0 Å². The van der Waals surface area contributed by atoms with Crippen LogP contribution in [0.2, 0.25) is 5.02 Å². The number of hydrogen-bond acceptors (Lipinski definition) is 4. The van der Waals surface area contributed by atoms with E-state index < -0.39 is 0 Å². The molecule has 0 saturated heterocycles. The molecule has 2 N–H and O–H groups in total. The monoisotopic (exact) mass is 363 g/mol. The van der Waals surface area contributed by atoms with Gasteiger partial charge in [-0.1, -0.05) is 55.1 Å². The van der Waals surface area contributed by atoms with Crippen molar-refractivity contribution in [2.75, 3.05) is 20.1 Å². The van der Waals surface area contributed by atoms with E-state index in [2.05, 4.69) is 32.7 Å². The van der Waals surface area contributed by atoms with Crippen LogP contribution < -0.4 is 10.6 Å². The molecule has 1 heterocycles. The van der Waals surface area contributed by atoms with Gasteiger partial charge in [0.1, 0.15) is 0 Å². The third-order valence-corrected chi connectivity index (χ3v) is 3.96. The number of guanidine groups is 1. The van der Waals surface area contributed by atoms with Crippen LogP contribution in [-0.2, 0) is 6.42 Å². The van der Waals surface area contributed by atoms with Crippen molar-refractivity contribution in [3.8, 4) is 11.4 Å². The van der Waals surface area contributed by atoms with E-state index >= 15 is 0 Å². The summed E-state index contributed by atoms with van der Waals surface area (Å²) in [6.07, 6.45) is 5.55. The van der Waals surface area contributed by atoms with Gasteiger partial charge in [-0.05, 0) is 18.6 Å². The lowest BCUT2D eigenvalue weighted by Crippen LogP contribution is -2.38. The molecule has 2 aromatic rings. The van der Waals surface area contributed by atoms with Gasteiger partial charge >= 0.3 is 0 Å². The number of unbranched alkanes of at least 4 members (excludes halogenated alkanes) is 3. The first-order valence-corrected chi connectivity index (χ1v) is 9.13. The molecule has 0 saturated carbocycles. The Hall–Kier alpha value is -2.08. The van der Waals surface area contributed by atoms with Crippen LogP contribution in [0.3, 0.4) is 0 Å². The molecule has 6 nitrogen and oxygen atoms in total. The quantitative estimate of drug-likeness (QED) is 0.404. The Morgan fingerprint density at radius 2 is 2.04 bits per heavy atom. The molecule has 25 heavy (non-hydrogen) atoms. The maximum atomic E-state index is 5.99. The van der Waals surface area contributed by atoms with Gasteiger partial charge in [0.2, 0.25) is 11.7 Å². The SMILES string of the molecule is CCCCCCNC(=NC)NCCc1nc(-c2cccc(Cl)c2)no1. The van der Waals surface area contributed by atoms with Crippen LogP contribution in [0, 0.1) is 0 Å². The minimum absolute atomic E-state index is 0.552. The first kappa shape index (κ1) is 19.2. The Balaban J connectivity index is 1.74. The summed E-state index contributed by atoms with van der Waals surface area (Å²) >= 11 is 5.99. The van der Waals surface area contributed by atoms with E-state index in [1.165, 1.54) is 19.3 Å². The zero-order chi connectivity index (χ0) is 17.9. The molecule has 0 amide bonds. The van der Waals surface area contributed by atoms with Gasteiger partial charge in [0.25, 0.3) is 0 Å². The maximum absolute atomic E-state index is 5.99. The maximum Gasteiger partial charge on any atom is 0.228 e. The van der Waals surface area contributed by atoms with Gasteiger partial charge < -0.3 is 15.2 Å². The van der Waals surface area contributed by atoms with E-state index in [9.17, 15) is 0 Å². The second-order valence-electron chi connectivity index (χ2n) is 5.76. The average molecular weight is 364 g/mol. The summed E-state index contributed by atoms with van der Waals surface area (Å²) in [5, 5.41) is 11.2. The summed E-state index contributed by atoms with van der Waals surface area (Å²) in [5.74, 6) is 1.93. The Kier molecular flexibility index (Phi) is 8.25. The molecule has 0 radical (unpaired) electrons. The number of aromatic nitrogens is 2. The highest BCUT2D eigenvalue weighted by Crippen LogP contribution is 2.19. The highest BCUT2D eigenvalue weighted by Gasteiger charge is 2.09. The number of nitrogens with zero attached hydrogens (tertiary/aromatic N) is 3. The average Bonchev–Trinajstić information content (AvgIpc) is 3.09. The summed E-state index contributed by atoms with van der Waals surface area (Å²) < 4.78 is 5.30. The van der Waals surface area contributed by atoms with E-state index in [1.807, 2.05) is 24.3 Å². The first-order valence-electron chi connectivity index (χ1n) is 8.76. The van der Waals surface area contributed by atoms with Crippen molar-refractivity contribution in [1.29, 1.82) is 0 Å². The van der Waals surface area contributed by atoms with Crippen LogP contribution >= 0.6 is 11.6 Å². The molecule has 0 atom stereocenters. The van der Waals surface area contributed by atoms with Gasteiger partial charge in [-0.3, -0.25) is 4.99 Å². The highest BCUT2D eigenvalue weighted by molar-refractivity contribution is 6.30. The molecule has 0 fully saturated rings. The Bertz CT molecular complexity index is 671. The number of nitrogens with one attached hydrogen (secondary N) is 2. The molecular weight excluding hydrogens is 338 g/mol. The fraction of sp³-hybridized carbons (Fsp3) is 0.500. The normalized spacial score (nSPS) is 11.6. The standard InChI is InChI=1S/C18H26ClN5O/c1-3-4-5-6-11-21-18(20-2)22-12-10-16-23-17(24-25-16)14-8-7-9-15(19)13-14/h7-9,13H,3-6,10-12H2,1-2H3,(H2,20,21,22). The number of benzene rings is 1. The molecule has 0 aliphatic carbocycles. The Morgan fingerprint density at radius 3 is 2.80 bits per heavy atom. The summed E-state index contributed by atoms with van der Waals surface area (Å²) in [6.45, 7) is 3.81. The number of aliphatic imine (C=N–C) groups is 1. The topological polar surface area (TPSA) is 75.3 Å². The lowest BCUT2D eigenvalue weighted by atomic mass is 10.2. The lowest BCUT2D eigenvalue weighted by Gasteiger charge is -2.10. The fourth-order valence-electron chi connectivity index (χ4n) is 2.37. The van der Waals surface area contributed by atoms with Gasteiger partial charge in [0.15, 0.2) is 5.96 Å². The number of hydrogen-bond donors (Lipinski definition) is 2. The second kappa shape index (κ2) is 10.7. The molecule has 0 bridgehead atoms. The van der Waals surface area contributed by atoms with Crippen LogP contribution in [0.1, 0.15) is 38.5 Å². The summed E-state index contributed by atoms with van der Waals surface area (Å²) in [6, 6.07) is 7.41. The van der Waals surface area contributed by atoms with E-state index in [-0.39, 0.29) is 0 Å². The van der Waals surface area contributed by atoms with E-state index in [0.29, 0.717) is 29.7 Å². The van der Waals surface area contributed by atoms with E-state index in [4.69, 9.17) is 16.1 Å². The minimum atomic E-state index is 0.552. The van der Waals surface area contributed by atoms with Crippen LogP contribution in [-0.4, -0.2) is 36.2 Å². The van der Waals surface area contributed by atoms with E-state index in [1.54, 1.807) is 7.05 Å². The summed E-state index contributed by atoms with van der Waals surface area (Å²) in [5.41, 5.74) is 0.847. The lowest BCUT2D eigenvalue weighted by molar-refractivity contribution is 0.378. The first-order chi connectivity index (χ1) is 12.2. The fourth-order valence-corrected chi connectivity index (χ4v) is 2.56.